The molecule has 5 nitrogen and oxygen atoms in total. The number of benzene rings is 1. The van der Waals surface area contributed by atoms with E-state index in [-0.39, 0.29) is 11.6 Å². The normalized spacial score (nSPS) is 14.6. The van der Waals surface area contributed by atoms with Crippen LogP contribution in [-0.2, 0) is 0 Å². The fourth-order valence-electron chi connectivity index (χ4n) is 1.85. The number of aromatic carboxylic acids is 1. The minimum absolute atomic E-state index is 0.173. The summed E-state index contributed by atoms with van der Waals surface area (Å²) in [6.07, 6.45) is 3.60. The van der Waals surface area contributed by atoms with Crippen LogP contribution >= 0.6 is 15.9 Å². The zero-order chi connectivity index (χ0) is 13.8. The highest BCUT2D eigenvalue weighted by Gasteiger charge is 2.18. The Balaban J connectivity index is 1.90. The van der Waals surface area contributed by atoms with Crippen molar-refractivity contribution >= 4 is 33.6 Å². The van der Waals surface area contributed by atoms with E-state index in [1.165, 1.54) is 31.4 Å². The maximum absolute atomic E-state index is 11.7. The fraction of sp³-hybridized carbons (Fsp3) is 0.385. The van der Waals surface area contributed by atoms with E-state index in [0.717, 1.165) is 0 Å². The molecule has 1 aromatic rings. The molecule has 0 aliphatic heterocycles. The smallest absolute Gasteiger partial charge is 0.335 e. The predicted octanol–water partition coefficient (Wildman–Crippen LogP) is 3.07. The molecule has 0 spiro atoms. The van der Waals surface area contributed by atoms with E-state index in [9.17, 15) is 9.59 Å². The van der Waals surface area contributed by atoms with Crippen LogP contribution in [0.15, 0.2) is 22.7 Å². The first-order valence-corrected chi connectivity index (χ1v) is 6.93. The molecular formula is C13H15BrN2O3. The monoisotopic (exact) mass is 326 g/mol. The van der Waals surface area contributed by atoms with E-state index in [4.69, 9.17) is 5.11 Å². The molecule has 6 heteroatoms. The molecule has 0 unspecified atom stereocenters. The number of hydrogen-bond acceptors (Lipinski definition) is 2. The van der Waals surface area contributed by atoms with Crippen LogP contribution in [0.5, 0.6) is 0 Å². The molecule has 0 aromatic heterocycles. The Morgan fingerprint density at radius 1 is 1.37 bits per heavy atom. The molecule has 1 aliphatic carbocycles. The van der Waals surface area contributed by atoms with E-state index in [1.54, 1.807) is 6.07 Å². The lowest BCUT2D eigenvalue weighted by Gasteiger charge is -2.25. The Kier molecular flexibility index (Phi) is 4.42. The molecule has 2 rings (SSSR count). The van der Waals surface area contributed by atoms with Gasteiger partial charge in [0.05, 0.1) is 11.3 Å². The number of halogens is 1. The summed E-state index contributed by atoms with van der Waals surface area (Å²) < 4.78 is 0.547. The number of nitrogens with one attached hydrogen (secondary N) is 2. The second-order valence-electron chi connectivity index (χ2n) is 4.63. The van der Waals surface area contributed by atoms with E-state index >= 15 is 0 Å². The molecular weight excluding hydrogens is 312 g/mol. The van der Waals surface area contributed by atoms with E-state index < -0.39 is 5.97 Å². The van der Waals surface area contributed by atoms with E-state index in [1.807, 2.05) is 0 Å². The lowest BCUT2D eigenvalue weighted by atomic mass is 9.85. The summed E-state index contributed by atoms with van der Waals surface area (Å²) in [6.45, 7) is 0.691. The number of carbonyl (C=O) groups excluding carboxylic acids is 1. The van der Waals surface area contributed by atoms with Gasteiger partial charge in [-0.25, -0.2) is 9.59 Å². The molecule has 0 saturated heterocycles. The van der Waals surface area contributed by atoms with Crippen molar-refractivity contribution in [2.24, 2.45) is 5.92 Å². The maximum Gasteiger partial charge on any atom is 0.335 e. The van der Waals surface area contributed by atoms with Gasteiger partial charge in [-0.1, -0.05) is 6.42 Å². The zero-order valence-electron chi connectivity index (χ0n) is 10.3. The number of anilines is 1. The number of carbonyl (C=O) groups is 2. The Bertz CT molecular complexity index is 501. The quantitative estimate of drug-likeness (QED) is 0.795. The van der Waals surface area contributed by atoms with Crippen molar-refractivity contribution in [3.8, 4) is 0 Å². The third-order valence-electron chi connectivity index (χ3n) is 3.24. The lowest BCUT2D eigenvalue weighted by Crippen LogP contribution is -2.35. The molecule has 3 N–H and O–H groups in total. The van der Waals surface area contributed by atoms with Gasteiger partial charge in [0.25, 0.3) is 0 Å². The second-order valence-corrected chi connectivity index (χ2v) is 5.49. The molecule has 102 valence electrons. The summed E-state index contributed by atoms with van der Waals surface area (Å²) in [5.41, 5.74) is 0.725. The van der Waals surface area contributed by atoms with Gasteiger partial charge < -0.3 is 15.7 Å². The molecule has 1 aromatic carbocycles. The lowest BCUT2D eigenvalue weighted by molar-refractivity contribution is 0.0697. The van der Waals surface area contributed by atoms with Crippen LogP contribution in [0, 0.1) is 5.92 Å². The minimum Gasteiger partial charge on any atom is -0.478 e. The van der Waals surface area contributed by atoms with Crippen molar-refractivity contribution < 1.29 is 14.7 Å². The van der Waals surface area contributed by atoms with Crippen molar-refractivity contribution in [2.45, 2.75) is 19.3 Å². The minimum atomic E-state index is -0.998. The van der Waals surface area contributed by atoms with Gasteiger partial charge >= 0.3 is 12.0 Å². The molecule has 0 bridgehead atoms. The van der Waals surface area contributed by atoms with E-state index in [2.05, 4.69) is 26.6 Å². The van der Waals surface area contributed by atoms with Gasteiger partial charge in [0.2, 0.25) is 0 Å². The van der Waals surface area contributed by atoms with Gasteiger partial charge in [-0.05, 0) is 52.9 Å². The first-order chi connectivity index (χ1) is 9.06. The third-order valence-corrected chi connectivity index (χ3v) is 3.90. The largest absolute Gasteiger partial charge is 0.478 e. The highest BCUT2D eigenvalue weighted by molar-refractivity contribution is 9.10. The molecule has 1 aliphatic rings. The summed E-state index contributed by atoms with van der Waals surface area (Å²) in [5, 5.41) is 14.3. The highest BCUT2D eigenvalue weighted by Crippen LogP contribution is 2.26. The van der Waals surface area contributed by atoms with Crippen molar-refractivity contribution in [2.75, 3.05) is 11.9 Å². The Labute approximate surface area is 119 Å². The molecule has 0 heterocycles. The fourth-order valence-corrected chi connectivity index (χ4v) is 2.33. The zero-order valence-corrected chi connectivity index (χ0v) is 11.9. The maximum atomic E-state index is 11.7. The Hall–Kier alpha value is -1.56. The number of carboxylic acids is 1. The summed E-state index contributed by atoms with van der Waals surface area (Å²) in [5.74, 6) is -0.398. The summed E-state index contributed by atoms with van der Waals surface area (Å²) in [4.78, 5) is 22.5. The highest BCUT2D eigenvalue weighted by atomic mass is 79.9. The second kappa shape index (κ2) is 6.06. The average Bonchev–Trinajstić information content (AvgIpc) is 2.29. The van der Waals surface area contributed by atoms with E-state index in [0.29, 0.717) is 22.6 Å². The van der Waals surface area contributed by atoms with Gasteiger partial charge in [0.15, 0.2) is 0 Å². The van der Waals surface area contributed by atoms with Gasteiger partial charge in [0.1, 0.15) is 0 Å². The molecule has 0 radical (unpaired) electrons. The van der Waals surface area contributed by atoms with Crippen LogP contribution in [0.2, 0.25) is 0 Å². The third kappa shape index (κ3) is 3.70. The van der Waals surface area contributed by atoms with Crippen LogP contribution in [0.3, 0.4) is 0 Å². The molecule has 1 saturated carbocycles. The van der Waals surface area contributed by atoms with Gasteiger partial charge in [-0.3, -0.25) is 0 Å². The number of carboxylic acid groups (broad SMARTS) is 1. The van der Waals surface area contributed by atoms with Crippen molar-refractivity contribution in [1.29, 1.82) is 0 Å². The Morgan fingerprint density at radius 2 is 2.11 bits per heavy atom. The molecule has 19 heavy (non-hydrogen) atoms. The van der Waals surface area contributed by atoms with Crippen LogP contribution in [-0.4, -0.2) is 23.7 Å². The first kappa shape index (κ1) is 13.9. The van der Waals surface area contributed by atoms with Crippen LogP contribution in [0.4, 0.5) is 10.5 Å². The van der Waals surface area contributed by atoms with Crippen molar-refractivity contribution in [3.63, 3.8) is 0 Å². The number of urea groups is 1. The average molecular weight is 327 g/mol. The first-order valence-electron chi connectivity index (χ1n) is 6.14. The standard InChI is InChI=1S/C13H15BrN2O3/c14-10-6-9(12(17)18)4-5-11(10)16-13(19)15-7-8-2-1-3-8/h4-6,8H,1-3,7H2,(H,17,18)(H2,15,16,19). The van der Waals surface area contributed by atoms with Gasteiger partial charge in [-0.15, -0.1) is 0 Å². The van der Waals surface area contributed by atoms with Crippen molar-refractivity contribution in [3.05, 3.63) is 28.2 Å². The van der Waals surface area contributed by atoms with Crippen LogP contribution in [0.1, 0.15) is 29.6 Å². The van der Waals surface area contributed by atoms with Crippen LogP contribution < -0.4 is 10.6 Å². The summed E-state index contributed by atoms with van der Waals surface area (Å²) in [6, 6.07) is 4.21. The SMILES string of the molecule is O=C(NCC1CCC1)Nc1ccc(C(=O)O)cc1Br. The summed E-state index contributed by atoms with van der Waals surface area (Å²) in [7, 11) is 0. The predicted molar refractivity (Wildman–Crippen MR) is 75.5 cm³/mol. The number of hydrogen-bond donors (Lipinski definition) is 3. The van der Waals surface area contributed by atoms with Gasteiger partial charge in [0, 0.05) is 11.0 Å². The van der Waals surface area contributed by atoms with Crippen LogP contribution in [0.25, 0.3) is 0 Å². The summed E-state index contributed by atoms with van der Waals surface area (Å²) >= 11 is 3.24. The Morgan fingerprint density at radius 3 is 2.63 bits per heavy atom. The van der Waals surface area contributed by atoms with Crippen molar-refractivity contribution in [1.82, 2.24) is 5.32 Å². The number of amides is 2. The van der Waals surface area contributed by atoms with Gasteiger partial charge in [-0.2, -0.15) is 0 Å². The molecule has 0 atom stereocenters. The molecule has 1 fully saturated rings. The topological polar surface area (TPSA) is 78.4 Å². The number of rotatable bonds is 4. The molecule has 2 amide bonds.